The Hall–Kier alpha value is -0.840. The topological polar surface area (TPSA) is 41.6 Å². The van der Waals surface area contributed by atoms with Crippen LogP contribution in [0.1, 0.15) is 40.5 Å². The maximum absolute atomic E-state index is 12.3. The summed E-state index contributed by atoms with van der Waals surface area (Å²) in [6.45, 7) is 8.59. The van der Waals surface area contributed by atoms with Gasteiger partial charge in [0.2, 0.25) is 0 Å². The summed E-state index contributed by atoms with van der Waals surface area (Å²) in [5.74, 6) is 0.463. The standard InChI is InChI=1S/C13H22N2O2S/c1-5-8-6-9-7-14-11(18)10(8)15(9)12(16)17-13(2,3)4/h8-10H,5-7H2,1-4H3,(H,14,18). The SMILES string of the molecule is CCC1CC2CNC(=S)C1N2C(=O)OC(C)(C)C. The summed E-state index contributed by atoms with van der Waals surface area (Å²) in [4.78, 5) is 15.0. The molecular formula is C13H22N2O2S. The molecule has 2 aliphatic rings. The fourth-order valence-electron chi connectivity index (χ4n) is 2.86. The summed E-state index contributed by atoms with van der Waals surface area (Å²) in [5.41, 5.74) is -0.454. The molecule has 18 heavy (non-hydrogen) atoms. The molecule has 1 N–H and O–H groups in total. The zero-order chi connectivity index (χ0) is 13.5. The molecule has 0 aromatic carbocycles. The van der Waals surface area contributed by atoms with E-state index in [9.17, 15) is 4.79 Å². The van der Waals surface area contributed by atoms with E-state index in [0.29, 0.717) is 5.92 Å². The third-order valence-corrected chi connectivity index (χ3v) is 4.01. The number of rotatable bonds is 1. The van der Waals surface area contributed by atoms with Crippen molar-refractivity contribution in [3.63, 3.8) is 0 Å². The number of ether oxygens (including phenoxy) is 1. The van der Waals surface area contributed by atoms with Gasteiger partial charge in [0.05, 0.1) is 17.1 Å². The van der Waals surface area contributed by atoms with E-state index in [2.05, 4.69) is 12.2 Å². The number of nitrogens with one attached hydrogen (secondary N) is 1. The predicted octanol–water partition coefficient (Wildman–Crippen LogP) is 2.32. The van der Waals surface area contributed by atoms with Crippen LogP contribution in [0, 0.1) is 5.92 Å². The van der Waals surface area contributed by atoms with E-state index in [1.54, 1.807) is 0 Å². The van der Waals surface area contributed by atoms with Crippen molar-refractivity contribution in [1.29, 1.82) is 0 Å². The van der Waals surface area contributed by atoms with Gasteiger partial charge in [0.1, 0.15) is 5.60 Å². The van der Waals surface area contributed by atoms with Crippen molar-refractivity contribution in [2.45, 2.75) is 58.2 Å². The van der Waals surface area contributed by atoms with Gasteiger partial charge in [0.25, 0.3) is 0 Å². The van der Waals surface area contributed by atoms with E-state index < -0.39 is 5.60 Å². The summed E-state index contributed by atoms with van der Waals surface area (Å²) in [6.07, 6.45) is 1.84. The molecule has 3 atom stereocenters. The molecule has 4 nitrogen and oxygen atoms in total. The molecular weight excluding hydrogens is 248 g/mol. The molecule has 3 unspecified atom stereocenters. The fourth-order valence-corrected chi connectivity index (χ4v) is 3.25. The van der Waals surface area contributed by atoms with Gasteiger partial charge in [0.15, 0.2) is 0 Å². The van der Waals surface area contributed by atoms with Crippen LogP contribution in [-0.2, 0) is 4.74 Å². The second-order valence-corrected chi connectivity index (χ2v) is 6.58. The van der Waals surface area contributed by atoms with Gasteiger partial charge in [-0.15, -0.1) is 0 Å². The number of carbonyl (C=O) groups excluding carboxylic acids is 1. The zero-order valence-electron chi connectivity index (χ0n) is 11.5. The lowest BCUT2D eigenvalue weighted by atomic mass is 9.97. The van der Waals surface area contributed by atoms with E-state index in [-0.39, 0.29) is 18.2 Å². The van der Waals surface area contributed by atoms with Crippen LogP contribution in [0.15, 0.2) is 0 Å². The van der Waals surface area contributed by atoms with Crippen molar-refractivity contribution in [2.75, 3.05) is 6.54 Å². The highest BCUT2D eigenvalue weighted by molar-refractivity contribution is 7.80. The van der Waals surface area contributed by atoms with Gasteiger partial charge < -0.3 is 10.1 Å². The van der Waals surface area contributed by atoms with Crippen molar-refractivity contribution in [3.8, 4) is 0 Å². The summed E-state index contributed by atoms with van der Waals surface area (Å²) < 4.78 is 5.50. The van der Waals surface area contributed by atoms with Gasteiger partial charge in [0, 0.05) is 6.54 Å². The highest BCUT2D eigenvalue weighted by Gasteiger charge is 2.49. The Morgan fingerprint density at radius 2 is 2.22 bits per heavy atom. The van der Waals surface area contributed by atoms with Gasteiger partial charge in [-0.05, 0) is 33.1 Å². The number of carbonyl (C=O) groups is 1. The number of amides is 1. The molecule has 0 radical (unpaired) electrons. The third kappa shape index (κ3) is 2.46. The number of piperazine rings is 1. The normalized spacial score (nSPS) is 31.2. The first-order chi connectivity index (χ1) is 8.33. The average molecular weight is 270 g/mol. The molecule has 0 aliphatic carbocycles. The van der Waals surface area contributed by atoms with E-state index in [0.717, 1.165) is 24.4 Å². The Balaban J connectivity index is 2.17. The first-order valence-electron chi connectivity index (χ1n) is 6.62. The number of hydrogen-bond donors (Lipinski definition) is 1. The molecule has 2 aliphatic heterocycles. The largest absolute Gasteiger partial charge is 0.444 e. The Kier molecular flexibility index (Phi) is 3.54. The summed E-state index contributed by atoms with van der Waals surface area (Å²) in [5, 5.41) is 3.24. The Morgan fingerprint density at radius 3 is 2.78 bits per heavy atom. The van der Waals surface area contributed by atoms with Crippen LogP contribution in [0.25, 0.3) is 0 Å². The fraction of sp³-hybridized carbons (Fsp3) is 0.846. The van der Waals surface area contributed by atoms with Gasteiger partial charge in [-0.3, -0.25) is 4.90 Å². The van der Waals surface area contributed by atoms with E-state index in [1.165, 1.54) is 0 Å². The van der Waals surface area contributed by atoms with Gasteiger partial charge in [-0.2, -0.15) is 0 Å². The van der Waals surface area contributed by atoms with Crippen LogP contribution in [-0.4, -0.2) is 40.2 Å². The maximum Gasteiger partial charge on any atom is 0.411 e. The number of nitrogens with zero attached hydrogens (tertiary/aromatic N) is 1. The van der Waals surface area contributed by atoms with Crippen molar-refractivity contribution in [3.05, 3.63) is 0 Å². The third-order valence-electron chi connectivity index (χ3n) is 3.62. The number of fused-ring (bicyclic) bond motifs is 2. The van der Waals surface area contributed by atoms with Gasteiger partial charge in [-0.1, -0.05) is 25.6 Å². The van der Waals surface area contributed by atoms with Crippen LogP contribution in [0.5, 0.6) is 0 Å². The van der Waals surface area contributed by atoms with Gasteiger partial charge >= 0.3 is 6.09 Å². The van der Waals surface area contributed by atoms with Gasteiger partial charge in [-0.25, -0.2) is 4.79 Å². The minimum atomic E-state index is -0.454. The van der Waals surface area contributed by atoms with Crippen LogP contribution in [0.2, 0.25) is 0 Å². The lowest BCUT2D eigenvalue weighted by Gasteiger charge is -2.37. The molecule has 0 aromatic rings. The first kappa shape index (κ1) is 13.6. The van der Waals surface area contributed by atoms with E-state index in [1.807, 2.05) is 25.7 Å². The molecule has 102 valence electrons. The Bertz CT molecular complexity index is 364. The Morgan fingerprint density at radius 1 is 1.56 bits per heavy atom. The monoisotopic (exact) mass is 270 g/mol. The Labute approximate surface area is 114 Å². The van der Waals surface area contributed by atoms with Crippen LogP contribution in [0.3, 0.4) is 0 Å². The molecule has 2 fully saturated rings. The van der Waals surface area contributed by atoms with Crippen LogP contribution < -0.4 is 5.32 Å². The van der Waals surface area contributed by atoms with Crippen molar-refractivity contribution in [2.24, 2.45) is 5.92 Å². The van der Waals surface area contributed by atoms with Crippen molar-refractivity contribution >= 4 is 23.3 Å². The summed E-state index contributed by atoms with van der Waals surface area (Å²) in [6, 6.07) is 0.250. The van der Waals surface area contributed by atoms with E-state index in [4.69, 9.17) is 17.0 Å². The minimum Gasteiger partial charge on any atom is -0.444 e. The maximum atomic E-state index is 12.3. The second-order valence-electron chi connectivity index (χ2n) is 6.14. The highest BCUT2D eigenvalue weighted by Crippen LogP contribution is 2.36. The molecule has 2 saturated heterocycles. The van der Waals surface area contributed by atoms with Crippen molar-refractivity contribution < 1.29 is 9.53 Å². The average Bonchev–Trinajstić information content (AvgIpc) is 2.54. The predicted molar refractivity (Wildman–Crippen MR) is 74.6 cm³/mol. The lowest BCUT2D eigenvalue weighted by molar-refractivity contribution is 0.0167. The summed E-state index contributed by atoms with van der Waals surface area (Å²) in [7, 11) is 0. The number of thiocarbonyl (C=S) groups is 1. The molecule has 0 saturated carbocycles. The molecule has 0 aromatic heterocycles. The molecule has 2 rings (SSSR count). The molecule has 5 heteroatoms. The summed E-state index contributed by atoms with van der Waals surface area (Å²) >= 11 is 5.37. The van der Waals surface area contributed by atoms with Crippen LogP contribution in [0.4, 0.5) is 4.79 Å². The highest BCUT2D eigenvalue weighted by atomic mass is 32.1. The molecule has 1 amide bonds. The zero-order valence-corrected chi connectivity index (χ0v) is 12.3. The number of hydrogen-bond acceptors (Lipinski definition) is 3. The molecule has 2 bridgehead atoms. The van der Waals surface area contributed by atoms with Crippen LogP contribution >= 0.6 is 12.2 Å². The lowest BCUT2D eigenvalue weighted by Crippen LogP contribution is -2.58. The molecule has 0 spiro atoms. The quantitative estimate of drug-likeness (QED) is 0.743. The first-order valence-corrected chi connectivity index (χ1v) is 7.03. The second kappa shape index (κ2) is 4.68. The van der Waals surface area contributed by atoms with E-state index >= 15 is 0 Å². The van der Waals surface area contributed by atoms with Crippen molar-refractivity contribution in [1.82, 2.24) is 10.2 Å². The molecule has 2 heterocycles. The smallest absolute Gasteiger partial charge is 0.411 e. The minimum absolute atomic E-state index is 0.0265.